The van der Waals surface area contributed by atoms with Crippen LogP contribution in [0, 0.1) is 12.7 Å². The van der Waals surface area contributed by atoms with E-state index in [1.807, 2.05) is 26.8 Å². The molecule has 1 aromatic heterocycles. The Morgan fingerprint density at radius 2 is 2.06 bits per heavy atom. The molecule has 0 aliphatic heterocycles. The molecular weight excluding hydrogens is 219 g/mol. The fourth-order valence-corrected chi connectivity index (χ4v) is 1.58. The van der Waals surface area contributed by atoms with Gasteiger partial charge in [-0.1, -0.05) is 17.3 Å². The number of nitrogens with zero attached hydrogens (tertiary/aromatic N) is 3. The zero-order valence-corrected chi connectivity index (χ0v) is 10.1. The van der Waals surface area contributed by atoms with Crippen molar-refractivity contribution in [2.45, 2.75) is 26.3 Å². The van der Waals surface area contributed by atoms with Gasteiger partial charge in [0, 0.05) is 0 Å². The Balaban J connectivity index is 2.51. The average molecular weight is 234 g/mol. The zero-order valence-electron chi connectivity index (χ0n) is 10.1. The zero-order chi connectivity index (χ0) is 12.6. The molecule has 1 heterocycles. The third-order valence-electron chi connectivity index (χ3n) is 2.57. The summed E-state index contributed by atoms with van der Waals surface area (Å²) in [4.78, 5) is 0. The highest BCUT2D eigenvalue weighted by molar-refractivity contribution is 5.40. The minimum absolute atomic E-state index is 0.323. The van der Waals surface area contributed by atoms with Crippen LogP contribution >= 0.6 is 0 Å². The van der Waals surface area contributed by atoms with Gasteiger partial charge in [-0.25, -0.2) is 9.07 Å². The maximum atomic E-state index is 13.7. The summed E-state index contributed by atoms with van der Waals surface area (Å²) in [6.07, 6.45) is 1.66. The van der Waals surface area contributed by atoms with Crippen molar-refractivity contribution in [2.75, 3.05) is 0 Å². The Labute approximate surface area is 99.2 Å². The van der Waals surface area contributed by atoms with Crippen molar-refractivity contribution in [1.82, 2.24) is 15.0 Å². The summed E-state index contributed by atoms with van der Waals surface area (Å²) in [6.45, 7) is 5.48. The lowest BCUT2D eigenvalue weighted by atomic mass is 10.0. The van der Waals surface area contributed by atoms with Gasteiger partial charge in [0.2, 0.25) is 0 Å². The molecule has 5 heteroatoms. The summed E-state index contributed by atoms with van der Waals surface area (Å²) in [5, 5.41) is 7.89. The standard InChI is InChI=1S/C12H15FN4/c1-8-5-4-6-9(13)11(8)17-7-10(15-16-17)12(2,3)14/h4-7H,14H2,1-3H3. The molecule has 0 saturated heterocycles. The van der Waals surface area contributed by atoms with Crippen LogP contribution in [0.3, 0.4) is 0 Å². The molecule has 0 radical (unpaired) electrons. The normalized spacial score (nSPS) is 11.8. The first kappa shape index (κ1) is 11.7. The highest BCUT2D eigenvalue weighted by Gasteiger charge is 2.19. The number of aryl methyl sites for hydroxylation is 1. The molecule has 17 heavy (non-hydrogen) atoms. The molecule has 2 N–H and O–H groups in total. The van der Waals surface area contributed by atoms with Crippen LogP contribution in [-0.4, -0.2) is 15.0 Å². The molecule has 4 nitrogen and oxygen atoms in total. The Morgan fingerprint density at radius 3 is 2.59 bits per heavy atom. The van der Waals surface area contributed by atoms with Gasteiger partial charge in [0.15, 0.2) is 0 Å². The van der Waals surface area contributed by atoms with Crippen LogP contribution in [0.2, 0.25) is 0 Å². The van der Waals surface area contributed by atoms with Crippen molar-refractivity contribution in [2.24, 2.45) is 5.73 Å². The van der Waals surface area contributed by atoms with Crippen molar-refractivity contribution in [3.8, 4) is 5.69 Å². The number of para-hydroxylation sites is 1. The van der Waals surface area contributed by atoms with Crippen LogP contribution in [0.15, 0.2) is 24.4 Å². The SMILES string of the molecule is Cc1cccc(F)c1-n1cc(C(C)(C)N)nn1. The first-order valence-corrected chi connectivity index (χ1v) is 5.37. The van der Waals surface area contributed by atoms with Gasteiger partial charge in [-0.3, -0.25) is 0 Å². The number of hydrogen-bond donors (Lipinski definition) is 1. The Bertz CT molecular complexity index is 519. The molecule has 0 bridgehead atoms. The van der Waals surface area contributed by atoms with Gasteiger partial charge in [0.1, 0.15) is 17.2 Å². The van der Waals surface area contributed by atoms with E-state index in [1.54, 1.807) is 12.3 Å². The predicted molar refractivity (Wildman–Crippen MR) is 63.3 cm³/mol. The highest BCUT2D eigenvalue weighted by Crippen LogP contribution is 2.19. The van der Waals surface area contributed by atoms with E-state index < -0.39 is 5.54 Å². The fourth-order valence-electron chi connectivity index (χ4n) is 1.58. The minimum Gasteiger partial charge on any atom is -0.320 e. The van der Waals surface area contributed by atoms with E-state index in [2.05, 4.69) is 10.3 Å². The van der Waals surface area contributed by atoms with E-state index in [4.69, 9.17) is 5.73 Å². The minimum atomic E-state index is -0.586. The smallest absolute Gasteiger partial charge is 0.149 e. The Hall–Kier alpha value is -1.75. The lowest BCUT2D eigenvalue weighted by Gasteiger charge is -2.13. The lowest BCUT2D eigenvalue weighted by molar-refractivity contribution is 0.533. The molecule has 90 valence electrons. The monoisotopic (exact) mass is 234 g/mol. The summed E-state index contributed by atoms with van der Waals surface area (Å²) in [6, 6.07) is 4.89. The third-order valence-corrected chi connectivity index (χ3v) is 2.57. The third kappa shape index (κ3) is 2.19. The molecule has 0 fully saturated rings. The molecule has 1 aromatic carbocycles. The second kappa shape index (κ2) is 3.92. The van der Waals surface area contributed by atoms with Crippen LogP contribution in [0.1, 0.15) is 25.1 Å². The molecule has 0 aliphatic carbocycles. The van der Waals surface area contributed by atoms with Gasteiger partial charge in [-0.2, -0.15) is 0 Å². The molecule has 0 aliphatic rings. The van der Waals surface area contributed by atoms with Gasteiger partial charge in [-0.05, 0) is 32.4 Å². The number of aromatic nitrogens is 3. The van der Waals surface area contributed by atoms with Crippen LogP contribution < -0.4 is 5.73 Å². The van der Waals surface area contributed by atoms with Crippen molar-refractivity contribution >= 4 is 0 Å². The topological polar surface area (TPSA) is 56.7 Å². The van der Waals surface area contributed by atoms with Gasteiger partial charge < -0.3 is 5.73 Å². The van der Waals surface area contributed by atoms with E-state index in [0.29, 0.717) is 11.4 Å². The van der Waals surface area contributed by atoms with Crippen molar-refractivity contribution in [3.05, 3.63) is 41.5 Å². The second-order valence-corrected chi connectivity index (χ2v) is 4.68. The Kier molecular flexibility index (Phi) is 2.71. The summed E-state index contributed by atoms with van der Waals surface area (Å²) in [5.41, 5.74) is 7.17. The highest BCUT2D eigenvalue weighted by atomic mass is 19.1. The van der Waals surface area contributed by atoms with Gasteiger partial charge >= 0.3 is 0 Å². The van der Waals surface area contributed by atoms with Gasteiger partial charge in [-0.15, -0.1) is 5.10 Å². The molecular formula is C12H15FN4. The molecule has 2 aromatic rings. The van der Waals surface area contributed by atoms with Crippen LogP contribution in [0.25, 0.3) is 5.69 Å². The summed E-state index contributed by atoms with van der Waals surface area (Å²) in [5.74, 6) is -0.323. The van der Waals surface area contributed by atoms with Crippen LogP contribution in [0.5, 0.6) is 0 Å². The number of halogens is 1. The van der Waals surface area contributed by atoms with E-state index in [9.17, 15) is 4.39 Å². The van der Waals surface area contributed by atoms with Gasteiger partial charge in [0.25, 0.3) is 0 Å². The van der Waals surface area contributed by atoms with E-state index in [-0.39, 0.29) is 5.82 Å². The number of nitrogens with two attached hydrogens (primary N) is 1. The molecule has 0 spiro atoms. The fraction of sp³-hybridized carbons (Fsp3) is 0.333. The maximum Gasteiger partial charge on any atom is 0.149 e. The van der Waals surface area contributed by atoms with Crippen LogP contribution in [-0.2, 0) is 5.54 Å². The molecule has 2 rings (SSSR count). The first-order valence-electron chi connectivity index (χ1n) is 5.37. The molecule has 0 amide bonds. The van der Waals surface area contributed by atoms with E-state index in [0.717, 1.165) is 5.56 Å². The number of hydrogen-bond acceptors (Lipinski definition) is 3. The summed E-state index contributed by atoms with van der Waals surface area (Å²) in [7, 11) is 0. The molecule has 0 saturated carbocycles. The van der Waals surface area contributed by atoms with E-state index >= 15 is 0 Å². The van der Waals surface area contributed by atoms with E-state index in [1.165, 1.54) is 10.7 Å². The predicted octanol–water partition coefficient (Wildman–Crippen LogP) is 1.91. The molecule has 0 unspecified atom stereocenters. The largest absolute Gasteiger partial charge is 0.320 e. The second-order valence-electron chi connectivity index (χ2n) is 4.68. The maximum absolute atomic E-state index is 13.7. The lowest BCUT2D eigenvalue weighted by Crippen LogP contribution is -2.29. The van der Waals surface area contributed by atoms with Crippen molar-refractivity contribution in [1.29, 1.82) is 0 Å². The quantitative estimate of drug-likeness (QED) is 0.863. The Morgan fingerprint density at radius 1 is 1.35 bits per heavy atom. The van der Waals surface area contributed by atoms with Gasteiger partial charge in [0.05, 0.1) is 11.7 Å². The molecule has 0 atom stereocenters. The van der Waals surface area contributed by atoms with Crippen molar-refractivity contribution < 1.29 is 4.39 Å². The summed E-state index contributed by atoms with van der Waals surface area (Å²) < 4.78 is 15.1. The average Bonchev–Trinajstić information content (AvgIpc) is 2.65. The summed E-state index contributed by atoms with van der Waals surface area (Å²) >= 11 is 0. The number of benzene rings is 1. The number of rotatable bonds is 2. The first-order chi connectivity index (χ1) is 7.89. The van der Waals surface area contributed by atoms with Crippen molar-refractivity contribution in [3.63, 3.8) is 0 Å². The van der Waals surface area contributed by atoms with Crippen LogP contribution in [0.4, 0.5) is 4.39 Å².